The minimum absolute atomic E-state index is 0.197. The number of likely N-dealkylation sites (tertiary alicyclic amines) is 2. The van der Waals surface area contributed by atoms with Crippen LogP contribution in [0.4, 0.5) is 0 Å². The summed E-state index contributed by atoms with van der Waals surface area (Å²) in [6.45, 7) is 7.41. The Balaban J connectivity index is 1.29. The summed E-state index contributed by atoms with van der Waals surface area (Å²) in [4.78, 5) is 17.3. The zero-order chi connectivity index (χ0) is 18.7. The average Bonchev–Trinajstić information content (AvgIpc) is 2.71. The van der Waals surface area contributed by atoms with Crippen molar-refractivity contribution in [2.75, 3.05) is 26.2 Å². The fourth-order valence-corrected chi connectivity index (χ4v) is 4.70. The normalized spacial score (nSPS) is 20.0. The van der Waals surface area contributed by atoms with Gasteiger partial charge in [-0.15, -0.1) is 0 Å². The van der Waals surface area contributed by atoms with E-state index in [0.717, 1.165) is 38.0 Å². The summed E-state index contributed by atoms with van der Waals surface area (Å²) >= 11 is 0. The molecule has 27 heavy (non-hydrogen) atoms. The maximum absolute atomic E-state index is 12.7. The van der Waals surface area contributed by atoms with E-state index in [0.29, 0.717) is 5.41 Å². The van der Waals surface area contributed by atoms with Crippen LogP contribution in [0.25, 0.3) is 0 Å². The zero-order valence-corrected chi connectivity index (χ0v) is 16.4. The number of amides is 1. The van der Waals surface area contributed by atoms with Gasteiger partial charge in [0.2, 0.25) is 0 Å². The lowest BCUT2D eigenvalue weighted by atomic mass is 9.71. The molecule has 2 aliphatic rings. The highest BCUT2D eigenvalue weighted by Gasteiger charge is 2.38. The third kappa shape index (κ3) is 4.24. The molecule has 0 aliphatic carbocycles. The van der Waals surface area contributed by atoms with Crippen molar-refractivity contribution in [2.45, 2.75) is 39.2 Å². The van der Waals surface area contributed by atoms with Crippen LogP contribution < -0.4 is 0 Å². The topological polar surface area (TPSA) is 23.6 Å². The van der Waals surface area contributed by atoms with Crippen LogP contribution in [0, 0.1) is 12.3 Å². The van der Waals surface area contributed by atoms with Gasteiger partial charge in [0.05, 0.1) is 0 Å². The zero-order valence-electron chi connectivity index (χ0n) is 16.4. The van der Waals surface area contributed by atoms with E-state index in [-0.39, 0.29) is 5.91 Å². The van der Waals surface area contributed by atoms with Crippen LogP contribution in [-0.4, -0.2) is 41.9 Å². The third-order valence-electron chi connectivity index (χ3n) is 6.54. The summed E-state index contributed by atoms with van der Waals surface area (Å²) < 4.78 is 0. The van der Waals surface area contributed by atoms with Gasteiger partial charge in [-0.1, -0.05) is 48.0 Å². The minimum atomic E-state index is 0.197. The molecule has 4 rings (SSSR count). The first kappa shape index (κ1) is 18.2. The molecule has 2 aromatic carbocycles. The first-order chi connectivity index (χ1) is 13.1. The van der Waals surface area contributed by atoms with E-state index in [2.05, 4.69) is 41.0 Å². The largest absolute Gasteiger partial charge is 0.339 e. The Hall–Kier alpha value is -2.13. The Kier molecular flexibility index (Phi) is 5.31. The monoisotopic (exact) mass is 362 g/mol. The van der Waals surface area contributed by atoms with Gasteiger partial charge in [-0.2, -0.15) is 0 Å². The van der Waals surface area contributed by atoms with Crippen LogP contribution in [0.2, 0.25) is 0 Å². The molecule has 0 saturated carbocycles. The molecule has 0 bridgehead atoms. The highest BCUT2D eigenvalue weighted by atomic mass is 16.2. The molecule has 1 amide bonds. The summed E-state index contributed by atoms with van der Waals surface area (Å²) in [5.41, 5.74) is 4.04. The molecule has 0 radical (unpaired) electrons. The molecule has 0 N–H and O–H groups in total. The predicted octanol–water partition coefficient (Wildman–Crippen LogP) is 4.51. The van der Waals surface area contributed by atoms with Crippen molar-refractivity contribution in [3.05, 3.63) is 71.3 Å². The van der Waals surface area contributed by atoms with Crippen LogP contribution in [0.5, 0.6) is 0 Å². The van der Waals surface area contributed by atoms with Crippen molar-refractivity contribution in [2.24, 2.45) is 5.41 Å². The highest BCUT2D eigenvalue weighted by Crippen LogP contribution is 2.41. The smallest absolute Gasteiger partial charge is 0.253 e. The molecule has 2 aromatic rings. The van der Waals surface area contributed by atoms with Gasteiger partial charge in [-0.3, -0.25) is 9.69 Å². The minimum Gasteiger partial charge on any atom is -0.339 e. The summed E-state index contributed by atoms with van der Waals surface area (Å²) in [7, 11) is 0. The van der Waals surface area contributed by atoms with Crippen molar-refractivity contribution in [1.82, 2.24) is 9.80 Å². The van der Waals surface area contributed by atoms with Gasteiger partial charge in [0.25, 0.3) is 5.91 Å². The molecule has 0 aromatic heterocycles. The first-order valence-electron chi connectivity index (χ1n) is 10.3. The fraction of sp³-hybridized carbons (Fsp3) is 0.458. The lowest BCUT2D eigenvalue weighted by Crippen LogP contribution is -2.48. The molecular formula is C24H30N2O. The average molecular weight is 363 g/mol. The Labute approximate surface area is 163 Å². The predicted molar refractivity (Wildman–Crippen MR) is 110 cm³/mol. The summed E-state index contributed by atoms with van der Waals surface area (Å²) in [6, 6.07) is 18.6. The van der Waals surface area contributed by atoms with Gasteiger partial charge >= 0.3 is 0 Å². The van der Waals surface area contributed by atoms with Crippen molar-refractivity contribution in [3.63, 3.8) is 0 Å². The van der Waals surface area contributed by atoms with Crippen LogP contribution in [0.1, 0.15) is 47.2 Å². The Morgan fingerprint density at radius 1 is 0.889 bits per heavy atom. The van der Waals surface area contributed by atoms with Gasteiger partial charge in [0.1, 0.15) is 0 Å². The van der Waals surface area contributed by atoms with Crippen LogP contribution in [-0.2, 0) is 6.54 Å². The summed E-state index contributed by atoms with van der Waals surface area (Å²) in [5, 5.41) is 0. The first-order valence-corrected chi connectivity index (χ1v) is 10.3. The SMILES string of the molecule is Cc1cccc(CN2CCC3(CC2)CCN(C(=O)c2ccccc2)CC3)c1. The standard InChI is InChI=1S/C24H30N2O/c1-20-6-5-7-21(18-20)19-25-14-10-24(11-15-25)12-16-26(17-13-24)23(27)22-8-3-2-4-9-22/h2-9,18H,10-17,19H2,1H3. The third-order valence-corrected chi connectivity index (χ3v) is 6.54. The van der Waals surface area contributed by atoms with Gasteiger partial charge in [-0.25, -0.2) is 0 Å². The number of hydrogen-bond donors (Lipinski definition) is 0. The van der Waals surface area contributed by atoms with Crippen molar-refractivity contribution >= 4 is 5.91 Å². The van der Waals surface area contributed by atoms with Crippen molar-refractivity contribution in [1.29, 1.82) is 0 Å². The molecule has 1 spiro atoms. The van der Waals surface area contributed by atoms with E-state index in [9.17, 15) is 4.79 Å². The second-order valence-electron chi connectivity index (χ2n) is 8.42. The van der Waals surface area contributed by atoms with E-state index >= 15 is 0 Å². The number of hydrogen-bond acceptors (Lipinski definition) is 2. The van der Waals surface area contributed by atoms with E-state index in [1.54, 1.807) is 0 Å². The molecule has 2 saturated heterocycles. The van der Waals surface area contributed by atoms with Crippen molar-refractivity contribution in [3.8, 4) is 0 Å². The number of benzene rings is 2. The van der Waals surface area contributed by atoms with E-state index in [1.807, 2.05) is 30.3 Å². The van der Waals surface area contributed by atoms with E-state index in [1.165, 1.54) is 37.1 Å². The van der Waals surface area contributed by atoms with Crippen molar-refractivity contribution < 1.29 is 4.79 Å². The number of nitrogens with zero attached hydrogens (tertiary/aromatic N) is 2. The molecule has 2 heterocycles. The second-order valence-corrected chi connectivity index (χ2v) is 8.42. The number of carbonyl (C=O) groups excluding carboxylic acids is 1. The Morgan fingerprint density at radius 3 is 2.22 bits per heavy atom. The molecular weight excluding hydrogens is 332 g/mol. The summed E-state index contributed by atoms with van der Waals surface area (Å²) in [6.07, 6.45) is 4.85. The van der Waals surface area contributed by atoms with Gasteiger partial charge in [0.15, 0.2) is 0 Å². The highest BCUT2D eigenvalue weighted by molar-refractivity contribution is 5.94. The summed E-state index contributed by atoms with van der Waals surface area (Å²) in [5.74, 6) is 0.197. The van der Waals surface area contributed by atoms with Crippen LogP contribution in [0.3, 0.4) is 0 Å². The quantitative estimate of drug-likeness (QED) is 0.802. The molecule has 142 valence electrons. The molecule has 3 heteroatoms. The molecule has 2 aliphatic heterocycles. The van der Waals surface area contributed by atoms with Gasteiger partial charge in [0, 0.05) is 25.2 Å². The molecule has 0 atom stereocenters. The number of aryl methyl sites for hydroxylation is 1. The Morgan fingerprint density at radius 2 is 1.56 bits per heavy atom. The van der Waals surface area contributed by atoms with Gasteiger partial charge in [-0.05, 0) is 68.8 Å². The number of rotatable bonds is 3. The second kappa shape index (κ2) is 7.85. The maximum Gasteiger partial charge on any atom is 0.253 e. The maximum atomic E-state index is 12.7. The fourth-order valence-electron chi connectivity index (χ4n) is 4.70. The number of piperidine rings is 2. The molecule has 3 nitrogen and oxygen atoms in total. The van der Waals surface area contributed by atoms with Gasteiger partial charge < -0.3 is 4.90 Å². The molecule has 0 unspecified atom stereocenters. The van der Waals surface area contributed by atoms with E-state index in [4.69, 9.17) is 0 Å². The lowest BCUT2D eigenvalue weighted by Gasteiger charge is -2.47. The van der Waals surface area contributed by atoms with Crippen LogP contribution in [0.15, 0.2) is 54.6 Å². The van der Waals surface area contributed by atoms with E-state index < -0.39 is 0 Å². The Bertz CT molecular complexity index is 768. The molecule has 2 fully saturated rings. The number of carbonyl (C=O) groups is 1. The lowest BCUT2D eigenvalue weighted by molar-refractivity contribution is 0.0285. The van der Waals surface area contributed by atoms with Crippen LogP contribution >= 0.6 is 0 Å².